The van der Waals surface area contributed by atoms with Gasteiger partial charge in [0.2, 0.25) is 0 Å². The number of unbranched alkanes of at least 4 members (excludes halogenated alkanes) is 15. The Morgan fingerprint density at radius 1 is 0.574 bits per heavy atom. The molecular weight excluding hydrogens is 688 g/mol. The van der Waals surface area contributed by atoms with E-state index in [1.165, 1.54) is 57.8 Å². The third-order valence-corrected chi connectivity index (χ3v) is 9.44. The molecule has 0 aliphatic carbocycles. The maximum Gasteiger partial charge on any atom is 0.306 e. The van der Waals surface area contributed by atoms with Crippen molar-refractivity contribution < 1.29 is 49.0 Å². The van der Waals surface area contributed by atoms with Gasteiger partial charge in [0.25, 0.3) is 0 Å². The zero-order valence-corrected chi connectivity index (χ0v) is 33.7. The number of hydrogen-bond donors (Lipinski definition) is 4. The fourth-order valence-electron chi connectivity index (χ4n) is 6.02. The van der Waals surface area contributed by atoms with Crippen LogP contribution in [0.15, 0.2) is 48.6 Å². The van der Waals surface area contributed by atoms with E-state index in [0.29, 0.717) is 19.3 Å². The van der Waals surface area contributed by atoms with Gasteiger partial charge in [-0.2, -0.15) is 0 Å². The molecule has 0 amide bonds. The molecule has 54 heavy (non-hydrogen) atoms. The molecule has 4 N–H and O–H groups in total. The van der Waals surface area contributed by atoms with Crippen molar-refractivity contribution in [3.8, 4) is 0 Å². The minimum atomic E-state index is -1.60. The quantitative estimate of drug-likeness (QED) is 0.0285. The first kappa shape index (κ1) is 49.7. The van der Waals surface area contributed by atoms with E-state index in [0.717, 1.165) is 57.8 Å². The molecule has 10 heteroatoms. The van der Waals surface area contributed by atoms with E-state index >= 15 is 0 Å². The summed E-state index contributed by atoms with van der Waals surface area (Å²) in [5.74, 6) is -0.882. The summed E-state index contributed by atoms with van der Waals surface area (Å²) in [5, 5.41) is 40.0. The molecule has 0 spiro atoms. The van der Waals surface area contributed by atoms with Gasteiger partial charge in [-0.3, -0.25) is 9.59 Å². The number of carbonyl (C=O) groups excluding carboxylic acids is 2. The van der Waals surface area contributed by atoms with Gasteiger partial charge in [0.15, 0.2) is 12.4 Å². The standard InChI is InChI=1S/C44H76O10/c1-3-5-7-9-11-13-15-17-18-19-20-21-23-25-27-29-31-33-40(47)53-37(36-52-44-43(50)42(49)41(48)38(34-45)54-44)35-51-39(46)32-30-28-26-24-22-16-14-12-10-8-6-4-2/h12,14,17-18,20-21,25,27,37-38,41-45,48-50H,3-11,13,15-16,19,22-24,26,28-36H2,1-2H3/b14-12+,18-17+,21-20+,27-25+/t37-,38-,41+,42?,43?,44-/m1/s1. The molecule has 1 fully saturated rings. The highest BCUT2D eigenvalue weighted by atomic mass is 16.7. The van der Waals surface area contributed by atoms with E-state index in [4.69, 9.17) is 18.9 Å². The van der Waals surface area contributed by atoms with Crippen molar-refractivity contribution in [1.82, 2.24) is 0 Å². The van der Waals surface area contributed by atoms with E-state index in [2.05, 4.69) is 56.4 Å². The summed E-state index contributed by atoms with van der Waals surface area (Å²) in [6.07, 6.45) is 32.7. The van der Waals surface area contributed by atoms with Crippen LogP contribution in [0.3, 0.4) is 0 Å². The van der Waals surface area contributed by atoms with Crippen LogP contribution in [0.1, 0.15) is 162 Å². The van der Waals surface area contributed by atoms with Crippen molar-refractivity contribution in [3.05, 3.63) is 48.6 Å². The van der Waals surface area contributed by atoms with Crippen LogP contribution in [0.25, 0.3) is 0 Å². The van der Waals surface area contributed by atoms with Crippen molar-refractivity contribution >= 4 is 11.9 Å². The van der Waals surface area contributed by atoms with Crippen molar-refractivity contribution in [2.75, 3.05) is 19.8 Å². The molecule has 1 aliphatic rings. The Balaban J connectivity index is 2.41. The fourth-order valence-corrected chi connectivity index (χ4v) is 6.02. The van der Waals surface area contributed by atoms with Crippen LogP contribution >= 0.6 is 0 Å². The second-order valence-electron chi connectivity index (χ2n) is 14.4. The Morgan fingerprint density at radius 2 is 1.06 bits per heavy atom. The summed E-state index contributed by atoms with van der Waals surface area (Å²) in [5.41, 5.74) is 0. The third-order valence-electron chi connectivity index (χ3n) is 9.44. The molecule has 1 rings (SSSR count). The summed E-state index contributed by atoms with van der Waals surface area (Å²) in [4.78, 5) is 25.2. The molecule has 312 valence electrons. The number of ether oxygens (including phenoxy) is 4. The Bertz CT molecular complexity index is 1020. The lowest BCUT2D eigenvalue weighted by atomic mass is 9.99. The lowest BCUT2D eigenvalue weighted by Crippen LogP contribution is -2.59. The number of rotatable bonds is 34. The predicted molar refractivity (Wildman–Crippen MR) is 215 cm³/mol. The molecule has 0 aromatic rings. The first-order valence-electron chi connectivity index (χ1n) is 21.2. The molecular formula is C44H76O10. The van der Waals surface area contributed by atoms with Crippen LogP contribution in [0.5, 0.6) is 0 Å². The van der Waals surface area contributed by atoms with Gasteiger partial charge in [-0.15, -0.1) is 0 Å². The van der Waals surface area contributed by atoms with E-state index in [9.17, 15) is 30.0 Å². The van der Waals surface area contributed by atoms with Crippen molar-refractivity contribution in [2.24, 2.45) is 0 Å². The summed E-state index contributed by atoms with van der Waals surface area (Å²) in [6, 6.07) is 0. The Hall–Kier alpha value is -2.34. The smallest absolute Gasteiger partial charge is 0.306 e. The number of aliphatic hydroxyl groups is 4. The molecule has 6 atom stereocenters. The maximum absolute atomic E-state index is 12.7. The van der Waals surface area contributed by atoms with Gasteiger partial charge in [0.1, 0.15) is 31.0 Å². The van der Waals surface area contributed by atoms with E-state index in [-0.39, 0.29) is 26.1 Å². The van der Waals surface area contributed by atoms with Crippen LogP contribution in [0.4, 0.5) is 0 Å². The molecule has 10 nitrogen and oxygen atoms in total. The molecule has 0 aromatic heterocycles. The maximum atomic E-state index is 12.7. The van der Waals surface area contributed by atoms with Crippen molar-refractivity contribution in [3.63, 3.8) is 0 Å². The Morgan fingerprint density at radius 3 is 1.67 bits per heavy atom. The summed E-state index contributed by atoms with van der Waals surface area (Å²) >= 11 is 0. The van der Waals surface area contributed by atoms with Gasteiger partial charge >= 0.3 is 11.9 Å². The van der Waals surface area contributed by atoms with E-state index in [1.807, 2.05) is 6.08 Å². The Labute approximate surface area is 327 Å². The topological polar surface area (TPSA) is 152 Å². The first-order chi connectivity index (χ1) is 26.3. The molecule has 0 radical (unpaired) electrons. The lowest BCUT2D eigenvalue weighted by Gasteiger charge is -2.39. The van der Waals surface area contributed by atoms with Crippen LogP contribution < -0.4 is 0 Å². The molecule has 0 aromatic carbocycles. The first-order valence-corrected chi connectivity index (χ1v) is 21.2. The van der Waals surface area contributed by atoms with Crippen LogP contribution in [-0.4, -0.2) is 89.0 Å². The third kappa shape index (κ3) is 26.5. The van der Waals surface area contributed by atoms with Crippen molar-refractivity contribution in [2.45, 2.75) is 198 Å². The number of hydrogen-bond acceptors (Lipinski definition) is 10. The minimum Gasteiger partial charge on any atom is -0.462 e. The molecule has 0 bridgehead atoms. The summed E-state index contributed by atoms with van der Waals surface area (Å²) < 4.78 is 22.0. The average Bonchev–Trinajstić information content (AvgIpc) is 3.17. The van der Waals surface area contributed by atoms with E-state index < -0.39 is 55.4 Å². The summed E-state index contributed by atoms with van der Waals surface area (Å²) in [7, 11) is 0. The second kappa shape index (κ2) is 35.1. The molecule has 1 aliphatic heterocycles. The highest BCUT2D eigenvalue weighted by Crippen LogP contribution is 2.22. The Kier molecular flexibility index (Phi) is 32.3. The minimum absolute atomic E-state index is 0.155. The highest BCUT2D eigenvalue weighted by molar-refractivity contribution is 5.70. The van der Waals surface area contributed by atoms with Gasteiger partial charge in [-0.05, 0) is 70.6 Å². The zero-order chi connectivity index (χ0) is 39.5. The highest BCUT2D eigenvalue weighted by Gasteiger charge is 2.44. The second-order valence-corrected chi connectivity index (χ2v) is 14.4. The van der Waals surface area contributed by atoms with Crippen LogP contribution in [0.2, 0.25) is 0 Å². The van der Waals surface area contributed by atoms with E-state index in [1.54, 1.807) is 0 Å². The van der Waals surface area contributed by atoms with Gasteiger partial charge < -0.3 is 39.4 Å². The van der Waals surface area contributed by atoms with Gasteiger partial charge in [0, 0.05) is 12.8 Å². The largest absolute Gasteiger partial charge is 0.462 e. The van der Waals surface area contributed by atoms with Crippen LogP contribution in [-0.2, 0) is 28.5 Å². The van der Waals surface area contributed by atoms with Gasteiger partial charge in [-0.1, -0.05) is 127 Å². The number of carbonyl (C=O) groups is 2. The summed E-state index contributed by atoms with van der Waals surface area (Å²) in [6.45, 7) is 3.31. The van der Waals surface area contributed by atoms with Gasteiger partial charge in [-0.25, -0.2) is 0 Å². The van der Waals surface area contributed by atoms with Gasteiger partial charge in [0.05, 0.1) is 13.2 Å². The number of aliphatic hydroxyl groups excluding tert-OH is 4. The van der Waals surface area contributed by atoms with Crippen LogP contribution in [0, 0.1) is 0 Å². The molecule has 0 saturated carbocycles. The molecule has 1 saturated heterocycles. The molecule has 2 unspecified atom stereocenters. The number of allylic oxidation sites excluding steroid dienone is 8. The SMILES string of the molecule is CCCCC/C=C/CCCCCCCC(=O)OC[C@H](CO[C@@H]1O[C@H](CO)[C@H](O)C(O)C1O)OC(=O)CCC/C=C/C/C=C/C/C=C/CCCCCCCC. The average molecular weight is 765 g/mol. The number of esters is 2. The monoisotopic (exact) mass is 765 g/mol. The zero-order valence-electron chi connectivity index (χ0n) is 33.7. The lowest BCUT2D eigenvalue weighted by molar-refractivity contribution is -0.305. The molecule has 1 heterocycles. The normalized spacial score (nSPS) is 21.2. The fraction of sp³-hybridized carbons (Fsp3) is 0.773. The van der Waals surface area contributed by atoms with Crippen molar-refractivity contribution in [1.29, 1.82) is 0 Å². The predicted octanol–water partition coefficient (Wildman–Crippen LogP) is 8.49.